The van der Waals surface area contributed by atoms with Gasteiger partial charge in [-0.3, -0.25) is 0 Å². The molecule has 3 rings (SSSR count). The maximum absolute atomic E-state index is 13.2. The van der Waals surface area contributed by atoms with Gasteiger partial charge in [-0.15, -0.1) is 0 Å². The molecule has 4 nitrogen and oxygen atoms in total. The third kappa shape index (κ3) is 2.23. The van der Waals surface area contributed by atoms with Crippen molar-refractivity contribution in [3.05, 3.63) is 54.1 Å². The van der Waals surface area contributed by atoms with E-state index in [1.165, 1.54) is 24.4 Å². The monoisotopic (exact) mass is 300 g/mol. The summed E-state index contributed by atoms with van der Waals surface area (Å²) in [5, 5.41) is 0.269. The maximum atomic E-state index is 13.2. The molecular weight excluding hydrogens is 290 g/mol. The first-order valence-electron chi connectivity index (χ1n) is 6.14. The van der Waals surface area contributed by atoms with Crippen molar-refractivity contribution in [1.29, 1.82) is 0 Å². The second kappa shape index (κ2) is 4.70. The number of aryl methyl sites for hydroxylation is 1. The summed E-state index contributed by atoms with van der Waals surface area (Å²) in [6.45, 7) is 1.86. The van der Waals surface area contributed by atoms with E-state index in [0.29, 0.717) is 0 Å². The van der Waals surface area contributed by atoms with Crippen LogP contribution in [0.25, 0.3) is 11.0 Å². The smallest absolute Gasteiger partial charge is 0.234 e. The summed E-state index contributed by atoms with van der Waals surface area (Å²) in [4.78, 5) is 3.96. The van der Waals surface area contributed by atoms with E-state index in [1.807, 2.05) is 6.92 Å². The lowest BCUT2D eigenvalue weighted by Gasteiger charge is -2.07. The van der Waals surface area contributed by atoms with Gasteiger partial charge in [-0.2, -0.15) is 0 Å². The molecule has 0 saturated carbocycles. The molecule has 0 aliphatic heterocycles. The molecule has 0 atom stereocenters. The quantitative estimate of drug-likeness (QED) is 0.674. The van der Waals surface area contributed by atoms with Crippen molar-refractivity contribution in [3.8, 4) is 0 Å². The molecule has 0 spiro atoms. The molecule has 1 aromatic carbocycles. The lowest BCUT2D eigenvalue weighted by Crippen LogP contribution is -2.13. The van der Waals surface area contributed by atoms with Gasteiger partial charge in [0, 0.05) is 11.6 Å². The Morgan fingerprint density at radius 3 is 2.57 bits per heavy atom. The van der Waals surface area contributed by atoms with Crippen molar-refractivity contribution < 1.29 is 12.8 Å². The first-order valence-corrected chi connectivity index (χ1v) is 7.58. The van der Waals surface area contributed by atoms with Crippen molar-refractivity contribution >= 4 is 34.4 Å². The second-order valence-corrected chi connectivity index (χ2v) is 6.54. The molecule has 21 heavy (non-hydrogen) atoms. The first kappa shape index (κ1) is 13.8. The van der Waals surface area contributed by atoms with Crippen molar-refractivity contribution in [1.82, 2.24) is 8.96 Å². The van der Waals surface area contributed by atoms with Gasteiger partial charge in [-0.05, 0) is 25.1 Å². The van der Waals surface area contributed by atoms with Crippen LogP contribution < -0.4 is 5.46 Å². The molecule has 0 aliphatic rings. The topological polar surface area (TPSA) is 52.0 Å². The Morgan fingerprint density at radius 2 is 1.90 bits per heavy atom. The van der Waals surface area contributed by atoms with Gasteiger partial charge in [-0.1, -0.05) is 23.2 Å². The first-order chi connectivity index (χ1) is 9.89. The number of halogens is 1. The van der Waals surface area contributed by atoms with Crippen LogP contribution in [0.15, 0.2) is 47.6 Å². The zero-order valence-corrected chi connectivity index (χ0v) is 11.9. The molecule has 0 unspecified atom stereocenters. The molecule has 0 bridgehead atoms. The van der Waals surface area contributed by atoms with Gasteiger partial charge in [0.1, 0.15) is 13.7 Å². The molecule has 0 fully saturated rings. The van der Waals surface area contributed by atoms with Crippen molar-refractivity contribution in [2.75, 3.05) is 0 Å². The average Bonchev–Trinajstić information content (AvgIpc) is 2.77. The Kier molecular flexibility index (Phi) is 3.09. The van der Waals surface area contributed by atoms with Crippen LogP contribution >= 0.6 is 0 Å². The highest BCUT2D eigenvalue weighted by atomic mass is 32.2. The van der Waals surface area contributed by atoms with Gasteiger partial charge in [-0.25, -0.2) is 21.8 Å². The Bertz CT molecular complexity index is 934. The van der Waals surface area contributed by atoms with Gasteiger partial charge < -0.3 is 0 Å². The number of pyridine rings is 1. The van der Waals surface area contributed by atoms with E-state index in [0.717, 1.165) is 15.7 Å². The van der Waals surface area contributed by atoms with E-state index < -0.39 is 15.8 Å². The standard InChI is InChI=1S/C14H10BFN2O2S/c1-9-2-4-11(5-3-9)21(19,20)18-8-13(15)12-6-10(16)7-17-14(12)18/h2-8H,1H3. The number of hydrogen-bond donors (Lipinski definition) is 0. The van der Waals surface area contributed by atoms with Gasteiger partial charge in [0.25, 0.3) is 10.0 Å². The summed E-state index contributed by atoms with van der Waals surface area (Å²) >= 11 is 0. The van der Waals surface area contributed by atoms with Gasteiger partial charge in [0.05, 0.1) is 11.1 Å². The SMILES string of the molecule is [B]c1cn(S(=O)(=O)c2ccc(C)cc2)c2ncc(F)cc12. The highest BCUT2D eigenvalue weighted by molar-refractivity contribution is 7.90. The predicted octanol–water partition coefficient (Wildman–Crippen LogP) is 1.51. The van der Waals surface area contributed by atoms with Crippen LogP contribution in [0.4, 0.5) is 4.39 Å². The number of benzene rings is 1. The van der Waals surface area contributed by atoms with E-state index in [9.17, 15) is 12.8 Å². The zero-order valence-electron chi connectivity index (χ0n) is 11.1. The third-order valence-corrected chi connectivity index (χ3v) is 4.85. The summed E-state index contributed by atoms with van der Waals surface area (Å²) in [6, 6.07) is 7.59. The molecule has 2 aromatic heterocycles. The summed E-state index contributed by atoms with van der Waals surface area (Å²) in [5.74, 6) is -0.570. The average molecular weight is 300 g/mol. The summed E-state index contributed by atoms with van der Waals surface area (Å²) in [6.07, 6.45) is 2.20. The highest BCUT2D eigenvalue weighted by Crippen LogP contribution is 2.20. The van der Waals surface area contributed by atoms with Crippen LogP contribution in [0.1, 0.15) is 5.56 Å². The van der Waals surface area contributed by atoms with Crippen LogP contribution in [0, 0.1) is 12.7 Å². The number of aromatic nitrogens is 2. The van der Waals surface area contributed by atoms with Crippen LogP contribution in [-0.4, -0.2) is 25.2 Å². The van der Waals surface area contributed by atoms with Gasteiger partial charge in [0.2, 0.25) is 0 Å². The maximum Gasteiger partial charge on any atom is 0.269 e. The van der Waals surface area contributed by atoms with E-state index in [-0.39, 0.29) is 21.4 Å². The lowest BCUT2D eigenvalue weighted by atomic mass is 9.97. The zero-order chi connectivity index (χ0) is 15.2. The molecule has 0 N–H and O–H groups in total. The molecule has 7 heteroatoms. The van der Waals surface area contributed by atoms with Crippen LogP contribution in [-0.2, 0) is 10.0 Å². The molecule has 0 amide bonds. The molecule has 104 valence electrons. The van der Waals surface area contributed by atoms with Crippen LogP contribution in [0.2, 0.25) is 0 Å². The van der Waals surface area contributed by atoms with Crippen LogP contribution in [0.3, 0.4) is 0 Å². The van der Waals surface area contributed by atoms with E-state index in [2.05, 4.69) is 4.98 Å². The Hall–Kier alpha value is -2.15. The fourth-order valence-corrected chi connectivity index (χ4v) is 3.42. The molecule has 0 saturated heterocycles. The van der Waals surface area contributed by atoms with Crippen molar-refractivity contribution in [2.45, 2.75) is 11.8 Å². The van der Waals surface area contributed by atoms with E-state index in [1.54, 1.807) is 12.1 Å². The summed E-state index contributed by atoms with van der Waals surface area (Å²) in [7, 11) is 1.93. The minimum atomic E-state index is -3.82. The Labute approximate surface area is 122 Å². The molecular formula is C14H10BFN2O2S. The summed E-state index contributed by atoms with van der Waals surface area (Å²) in [5.41, 5.74) is 1.22. The van der Waals surface area contributed by atoms with Gasteiger partial charge in [0.15, 0.2) is 5.65 Å². The third-order valence-electron chi connectivity index (χ3n) is 3.19. The summed E-state index contributed by atoms with van der Waals surface area (Å²) < 4.78 is 39.4. The number of nitrogens with zero attached hydrogens (tertiary/aromatic N) is 2. The van der Waals surface area contributed by atoms with Crippen molar-refractivity contribution in [3.63, 3.8) is 0 Å². The molecule has 0 aliphatic carbocycles. The number of hydrogen-bond acceptors (Lipinski definition) is 3. The predicted molar refractivity (Wildman–Crippen MR) is 78.8 cm³/mol. The van der Waals surface area contributed by atoms with E-state index >= 15 is 0 Å². The molecule has 2 heterocycles. The largest absolute Gasteiger partial charge is 0.269 e. The lowest BCUT2D eigenvalue weighted by molar-refractivity contribution is 0.588. The van der Waals surface area contributed by atoms with Gasteiger partial charge >= 0.3 is 0 Å². The minimum absolute atomic E-state index is 0.106. The highest BCUT2D eigenvalue weighted by Gasteiger charge is 2.21. The Balaban J connectivity index is 2.26. The number of rotatable bonds is 2. The normalized spacial score (nSPS) is 11.9. The minimum Gasteiger partial charge on any atom is -0.234 e. The Morgan fingerprint density at radius 1 is 1.24 bits per heavy atom. The van der Waals surface area contributed by atoms with Crippen LogP contribution in [0.5, 0.6) is 0 Å². The fourth-order valence-electron chi connectivity index (χ4n) is 2.08. The second-order valence-electron chi connectivity index (χ2n) is 4.72. The molecule has 3 aromatic rings. The fraction of sp³-hybridized carbons (Fsp3) is 0.0714. The van der Waals surface area contributed by atoms with Crippen molar-refractivity contribution in [2.24, 2.45) is 0 Å². The molecule has 2 radical (unpaired) electrons. The number of fused-ring (bicyclic) bond motifs is 1. The van der Waals surface area contributed by atoms with E-state index in [4.69, 9.17) is 7.85 Å².